The summed E-state index contributed by atoms with van der Waals surface area (Å²) >= 11 is 0. The van der Waals surface area contributed by atoms with Crippen molar-refractivity contribution < 1.29 is 9.84 Å². The zero-order valence-corrected chi connectivity index (χ0v) is 10.8. The molecule has 0 atom stereocenters. The first-order chi connectivity index (χ1) is 9.78. The Hall–Kier alpha value is -2.59. The standard InChI is InChI=1S/C16H14N2O2/c17-14-3-1-2-13-15(8-9-18-16(13)14)20-12-6-4-11(10-19)5-7-12/h1-9,19H,10,17H2. The molecule has 0 fully saturated rings. The van der Waals surface area contributed by atoms with E-state index in [9.17, 15) is 0 Å². The molecular formula is C16H14N2O2. The summed E-state index contributed by atoms with van der Waals surface area (Å²) in [6.07, 6.45) is 1.68. The van der Waals surface area contributed by atoms with Crippen molar-refractivity contribution in [3.05, 3.63) is 60.3 Å². The Balaban J connectivity index is 1.99. The molecule has 0 saturated carbocycles. The molecule has 0 aliphatic heterocycles. The lowest BCUT2D eigenvalue weighted by Crippen LogP contribution is -1.92. The van der Waals surface area contributed by atoms with Gasteiger partial charge in [0.25, 0.3) is 0 Å². The maximum atomic E-state index is 9.03. The second-order valence-electron chi connectivity index (χ2n) is 4.46. The van der Waals surface area contributed by atoms with Gasteiger partial charge in [0.15, 0.2) is 0 Å². The predicted octanol–water partition coefficient (Wildman–Crippen LogP) is 3.10. The first kappa shape index (κ1) is 12.4. The Morgan fingerprint density at radius 3 is 2.60 bits per heavy atom. The number of rotatable bonds is 3. The van der Waals surface area contributed by atoms with E-state index < -0.39 is 0 Å². The van der Waals surface area contributed by atoms with Crippen LogP contribution in [0.25, 0.3) is 10.9 Å². The normalized spacial score (nSPS) is 10.7. The maximum absolute atomic E-state index is 9.03. The number of aromatic nitrogens is 1. The molecule has 3 rings (SSSR count). The molecule has 1 aromatic heterocycles. The first-order valence-electron chi connectivity index (χ1n) is 6.29. The van der Waals surface area contributed by atoms with Crippen molar-refractivity contribution >= 4 is 16.6 Å². The Morgan fingerprint density at radius 1 is 1.05 bits per heavy atom. The number of aliphatic hydroxyl groups is 1. The molecule has 0 bridgehead atoms. The molecule has 20 heavy (non-hydrogen) atoms. The topological polar surface area (TPSA) is 68.4 Å². The number of fused-ring (bicyclic) bond motifs is 1. The van der Waals surface area contributed by atoms with Gasteiger partial charge >= 0.3 is 0 Å². The van der Waals surface area contributed by atoms with Crippen molar-refractivity contribution in [2.75, 3.05) is 5.73 Å². The van der Waals surface area contributed by atoms with Crippen LogP contribution in [-0.4, -0.2) is 10.1 Å². The number of para-hydroxylation sites is 1. The fraction of sp³-hybridized carbons (Fsp3) is 0.0625. The number of aliphatic hydroxyl groups excluding tert-OH is 1. The van der Waals surface area contributed by atoms with Gasteiger partial charge in [-0.05, 0) is 35.9 Å². The van der Waals surface area contributed by atoms with Crippen LogP contribution in [-0.2, 0) is 6.61 Å². The summed E-state index contributed by atoms with van der Waals surface area (Å²) in [6.45, 7) is 0.0228. The van der Waals surface area contributed by atoms with Crippen molar-refractivity contribution in [3.8, 4) is 11.5 Å². The second-order valence-corrected chi connectivity index (χ2v) is 4.46. The zero-order valence-electron chi connectivity index (χ0n) is 10.8. The summed E-state index contributed by atoms with van der Waals surface area (Å²) in [5.41, 5.74) is 8.12. The highest BCUT2D eigenvalue weighted by Gasteiger charge is 2.06. The van der Waals surface area contributed by atoms with Gasteiger partial charge in [-0.1, -0.05) is 18.2 Å². The van der Waals surface area contributed by atoms with E-state index in [2.05, 4.69) is 4.98 Å². The van der Waals surface area contributed by atoms with Gasteiger partial charge < -0.3 is 15.6 Å². The van der Waals surface area contributed by atoms with Crippen LogP contribution < -0.4 is 10.5 Å². The average molecular weight is 266 g/mol. The van der Waals surface area contributed by atoms with Crippen molar-refractivity contribution in [1.82, 2.24) is 4.98 Å². The molecule has 4 heteroatoms. The molecule has 0 aliphatic rings. The molecule has 0 saturated heterocycles. The van der Waals surface area contributed by atoms with Crippen LogP contribution in [0.3, 0.4) is 0 Å². The molecule has 0 radical (unpaired) electrons. The summed E-state index contributed by atoms with van der Waals surface area (Å²) in [7, 11) is 0. The number of benzene rings is 2. The molecule has 3 N–H and O–H groups in total. The molecule has 1 heterocycles. The molecule has 2 aromatic carbocycles. The van der Waals surface area contributed by atoms with Gasteiger partial charge in [-0.3, -0.25) is 4.98 Å². The lowest BCUT2D eigenvalue weighted by molar-refractivity contribution is 0.281. The van der Waals surface area contributed by atoms with E-state index in [1.165, 1.54) is 0 Å². The van der Waals surface area contributed by atoms with E-state index in [1.54, 1.807) is 6.20 Å². The lowest BCUT2D eigenvalue weighted by Gasteiger charge is -2.09. The summed E-state index contributed by atoms with van der Waals surface area (Å²) in [4.78, 5) is 4.27. The summed E-state index contributed by atoms with van der Waals surface area (Å²) in [5, 5.41) is 9.90. The molecule has 3 aromatic rings. The summed E-state index contributed by atoms with van der Waals surface area (Å²) in [6, 6.07) is 14.7. The minimum Gasteiger partial charge on any atom is -0.457 e. The highest BCUT2D eigenvalue weighted by atomic mass is 16.5. The Morgan fingerprint density at radius 2 is 1.85 bits per heavy atom. The van der Waals surface area contributed by atoms with Crippen molar-refractivity contribution in [3.63, 3.8) is 0 Å². The number of nitrogens with two attached hydrogens (primary N) is 1. The number of nitrogen functional groups attached to an aromatic ring is 1. The van der Waals surface area contributed by atoms with E-state index in [0.29, 0.717) is 17.2 Å². The highest BCUT2D eigenvalue weighted by molar-refractivity contribution is 5.93. The number of ether oxygens (including phenoxy) is 1. The van der Waals surface area contributed by atoms with E-state index in [0.717, 1.165) is 16.5 Å². The van der Waals surface area contributed by atoms with Crippen LogP contribution in [0.4, 0.5) is 5.69 Å². The van der Waals surface area contributed by atoms with Gasteiger partial charge in [0, 0.05) is 11.6 Å². The van der Waals surface area contributed by atoms with Gasteiger partial charge in [0.2, 0.25) is 0 Å². The number of hydrogen-bond donors (Lipinski definition) is 2. The predicted molar refractivity (Wildman–Crippen MR) is 78.6 cm³/mol. The van der Waals surface area contributed by atoms with Gasteiger partial charge in [-0.25, -0.2) is 0 Å². The number of pyridine rings is 1. The van der Waals surface area contributed by atoms with E-state index in [1.807, 2.05) is 48.5 Å². The van der Waals surface area contributed by atoms with Crippen molar-refractivity contribution in [2.45, 2.75) is 6.61 Å². The fourth-order valence-electron chi connectivity index (χ4n) is 2.05. The quantitative estimate of drug-likeness (QED) is 0.715. The van der Waals surface area contributed by atoms with Gasteiger partial charge in [0.1, 0.15) is 11.5 Å². The Labute approximate surface area is 116 Å². The minimum atomic E-state index is 0.0228. The van der Waals surface area contributed by atoms with E-state index in [4.69, 9.17) is 15.6 Å². The zero-order chi connectivity index (χ0) is 13.9. The van der Waals surface area contributed by atoms with E-state index in [-0.39, 0.29) is 6.61 Å². The molecular weight excluding hydrogens is 252 g/mol. The van der Waals surface area contributed by atoms with E-state index >= 15 is 0 Å². The molecule has 100 valence electrons. The van der Waals surface area contributed by atoms with Crippen LogP contribution in [0.1, 0.15) is 5.56 Å². The smallest absolute Gasteiger partial charge is 0.138 e. The monoisotopic (exact) mass is 266 g/mol. The Bertz CT molecular complexity index is 739. The number of anilines is 1. The minimum absolute atomic E-state index is 0.0228. The van der Waals surface area contributed by atoms with Crippen LogP contribution >= 0.6 is 0 Å². The largest absolute Gasteiger partial charge is 0.457 e. The maximum Gasteiger partial charge on any atom is 0.138 e. The first-order valence-corrected chi connectivity index (χ1v) is 6.29. The summed E-state index contributed by atoms with van der Waals surface area (Å²) in [5.74, 6) is 1.41. The average Bonchev–Trinajstić information content (AvgIpc) is 2.49. The highest BCUT2D eigenvalue weighted by Crippen LogP contribution is 2.31. The molecule has 0 unspecified atom stereocenters. The van der Waals surface area contributed by atoms with Crippen LogP contribution in [0.15, 0.2) is 54.7 Å². The van der Waals surface area contributed by atoms with Crippen molar-refractivity contribution in [2.24, 2.45) is 0 Å². The molecule has 0 amide bonds. The SMILES string of the molecule is Nc1cccc2c(Oc3ccc(CO)cc3)ccnc12. The van der Waals surface area contributed by atoms with Gasteiger partial charge in [0.05, 0.1) is 17.8 Å². The molecule has 0 spiro atoms. The lowest BCUT2D eigenvalue weighted by atomic mass is 10.2. The number of nitrogens with zero attached hydrogens (tertiary/aromatic N) is 1. The molecule has 4 nitrogen and oxygen atoms in total. The Kier molecular flexibility index (Phi) is 3.23. The number of hydrogen-bond acceptors (Lipinski definition) is 4. The van der Waals surface area contributed by atoms with Crippen molar-refractivity contribution in [1.29, 1.82) is 0 Å². The van der Waals surface area contributed by atoms with Gasteiger partial charge in [-0.2, -0.15) is 0 Å². The van der Waals surface area contributed by atoms with Gasteiger partial charge in [-0.15, -0.1) is 0 Å². The fourth-order valence-corrected chi connectivity index (χ4v) is 2.05. The third-order valence-electron chi connectivity index (χ3n) is 3.10. The summed E-state index contributed by atoms with van der Waals surface area (Å²) < 4.78 is 5.87. The second kappa shape index (κ2) is 5.19. The van der Waals surface area contributed by atoms with Crippen LogP contribution in [0, 0.1) is 0 Å². The molecule has 0 aliphatic carbocycles. The third kappa shape index (κ3) is 2.29. The van der Waals surface area contributed by atoms with Crippen LogP contribution in [0.2, 0.25) is 0 Å². The third-order valence-corrected chi connectivity index (χ3v) is 3.10. The van der Waals surface area contributed by atoms with Crippen LogP contribution in [0.5, 0.6) is 11.5 Å².